The van der Waals surface area contributed by atoms with E-state index in [-0.39, 0.29) is 17.4 Å². The minimum absolute atomic E-state index is 0.191. The third-order valence-corrected chi connectivity index (χ3v) is 4.98. The number of nitrogens with zero attached hydrogens (tertiary/aromatic N) is 2. The van der Waals surface area contributed by atoms with Gasteiger partial charge in [0.1, 0.15) is 11.9 Å². The smallest absolute Gasteiger partial charge is 0.326 e. The Morgan fingerprint density at radius 1 is 1.31 bits per heavy atom. The highest BCUT2D eigenvalue weighted by Gasteiger charge is 2.31. The van der Waals surface area contributed by atoms with E-state index in [4.69, 9.17) is 0 Å². The number of carboxylic acid groups (broad SMARTS) is 1. The molecule has 1 aromatic carbocycles. The Kier molecular flexibility index (Phi) is 5.06. The van der Waals surface area contributed by atoms with Crippen molar-refractivity contribution in [2.45, 2.75) is 45.6 Å². The minimum Gasteiger partial charge on any atom is -0.480 e. The van der Waals surface area contributed by atoms with Crippen LogP contribution in [0.4, 0.5) is 4.39 Å². The molecule has 0 aliphatic heterocycles. The predicted octanol–water partition coefficient (Wildman–Crippen LogP) is 2.73. The number of carbonyl (C=O) groups is 2. The standard InChI is InChI=1S/C19H22FN3O3/c1-3-11(2)16(19(25)26)21-18(24)17-14-5-4-6-15(14)23(22-17)13-9-7-12(20)8-10-13/h7-11,16H,3-6H2,1-2H3,(H,21,24)(H,25,26)/t11-,16-/m0/s1. The molecule has 3 rings (SSSR count). The van der Waals surface area contributed by atoms with E-state index in [1.54, 1.807) is 23.7 Å². The van der Waals surface area contributed by atoms with Gasteiger partial charge in [0.05, 0.1) is 5.69 Å². The van der Waals surface area contributed by atoms with Crippen molar-refractivity contribution in [3.8, 4) is 5.69 Å². The molecule has 0 radical (unpaired) electrons. The Morgan fingerprint density at radius 2 is 2.00 bits per heavy atom. The molecule has 2 aromatic rings. The normalized spacial score (nSPS) is 15.3. The van der Waals surface area contributed by atoms with Gasteiger partial charge in [-0.05, 0) is 49.4 Å². The molecule has 0 saturated carbocycles. The molecule has 26 heavy (non-hydrogen) atoms. The van der Waals surface area contributed by atoms with Crippen LogP contribution in [-0.4, -0.2) is 32.8 Å². The molecule has 0 spiro atoms. The summed E-state index contributed by atoms with van der Waals surface area (Å²) in [5, 5.41) is 16.4. The molecular formula is C19H22FN3O3. The van der Waals surface area contributed by atoms with Gasteiger partial charge in [-0.15, -0.1) is 0 Å². The predicted molar refractivity (Wildman–Crippen MR) is 93.9 cm³/mol. The second kappa shape index (κ2) is 7.27. The van der Waals surface area contributed by atoms with Crippen LogP contribution in [0.3, 0.4) is 0 Å². The number of rotatable bonds is 6. The van der Waals surface area contributed by atoms with Gasteiger partial charge in [-0.2, -0.15) is 5.10 Å². The first-order valence-corrected chi connectivity index (χ1v) is 8.82. The number of amides is 1. The monoisotopic (exact) mass is 359 g/mol. The second-order valence-electron chi connectivity index (χ2n) is 6.69. The van der Waals surface area contributed by atoms with Gasteiger partial charge in [0.25, 0.3) is 5.91 Å². The summed E-state index contributed by atoms with van der Waals surface area (Å²) in [4.78, 5) is 24.2. The van der Waals surface area contributed by atoms with Crippen molar-refractivity contribution in [3.05, 3.63) is 47.0 Å². The summed E-state index contributed by atoms with van der Waals surface area (Å²) in [5.74, 6) is -2.06. The van der Waals surface area contributed by atoms with Crippen LogP contribution in [0.15, 0.2) is 24.3 Å². The van der Waals surface area contributed by atoms with Gasteiger partial charge in [0, 0.05) is 11.3 Å². The molecule has 1 aliphatic rings. The maximum absolute atomic E-state index is 13.2. The molecule has 1 amide bonds. The van der Waals surface area contributed by atoms with Crippen molar-refractivity contribution in [3.63, 3.8) is 0 Å². The summed E-state index contributed by atoms with van der Waals surface area (Å²) >= 11 is 0. The first-order chi connectivity index (χ1) is 12.4. The molecule has 2 N–H and O–H groups in total. The fourth-order valence-corrected chi connectivity index (χ4v) is 3.31. The van der Waals surface area contributed by atoms with E-state index in [1.807, 2.05) is 6.92 Å². The van der Waals surface area contributed by atoms with Crippen LogP contribution in [0, 0.1) is 11.7 Å². The number of halogens is 1. The fraction of sp³-hybridized carbons (Fsp3) is 0.421. The van der Waals surface area contributed by atoms with Crippen LogP contribution < -0.4 is 5.32 Å². The van der Waals surface area contributed by atoms with E-state index < -0.39 is 17.9 Å². The SMILES string of the molecule is CC[C@H](C)[C@H](NC(=O)c1nn(-c2ccc(F)cc2)c2c1CCC2)C(=O)O. The Labute approximate surface area is 151 Å². The molecule has 6 nitrogen and oxygen atoms in total. The van der Waals surface area contributed by atoms with Crippen molar-refractivity contribution < 1.29 is 19.1 Å². The van der Waals surface area contributed by atoms with Gasteiger partial charge in [-0.1, -0.05) is 20.3 Å². The lowest BCUT2D eigenvalue weighted by Crippen LogP contribution is -2.45. The van der Waals surface area contributed by atoms with Gasteiger partial charge in [0.2, 0.25) is 0 Å². The quantitative estimate of drug-likeness (QED) is 0.831. The summed E-state index contributed by atoms with van der Waals surface area (Å²) < 4.78 is 14.9. The molecule has 7 heteroatoms. The third kappa shape index (κ3) is 3.34. The Morgan fingerprint density at radius 3 is 2.62 bits per heavy atom. The largest absolute Gasteiger partial charge is 0.480 e. The summed E-state index contributed by atoms with van der Waals surface area (Å²) in [6.45, 7) is 3.67. The maximum Gasteiger partial charge on any atom is 0.326 e. The average Bonchev–Trinajstić information content (AvgIpc) is 3.22. The molecular weight excluding hydrogens is 337 g/mol. The number of carboxylic acids is 1. The summed E-state index contributed by atoms with van der Waals surface area (Å²) in [5.41, 5.74) is 2.72. The van der Waals surface area contributed by atoms with Crippen molar-refractivity contribution in [2.75, 3.05) is 0 Å². The topological polar surface area (TPSA) is 84.2 Å². The van der Waals surface area contributed by atoms with Crippen LogP contribution in [-0.2, 0) is 17.6 Å². The van der Waals surface area contributed by atoms with E-state index >= 15 is 0 Å². The van der Waals surface area contributed by atoms with Gasteiger partial charge >= 0.3 is 5.97 Å². The van der Waals surface area contributed by atoms with E-state index in [0.29, 0.717) is 12.1 Å². The van der Waals surface area contributed by atoms with Crippen molar-refractivity contribution in [1.82, 2.24) is 15.1 Å². The highest BCUT2D eigenvalue weighted by atomic mass is 19.1. The van der Waals surface area contributed by atoms with E-state index in [2.05, 4.69) is 10.4 Å². The zero-order chi connectivity index (χ0) is 18.8. The summed E-state index contributed by atoms with van der Waals surface area (Å²) in [7, 11) is 0. The number of carbonyl (C=O) groups excluding carboxylic acids is 1. The third-order valence-electron chi connectivity index (χ3n) is 4.98. The van der Waals surface area contributed by atoms with Gasteiger partial charge in [-0.25, -0.2) is 13.9 Å². The van der Waals surface area contributed by atoms with Crippen LogP contribution in [0.5, 0.6) is 0 Å². The number of fused-ring (bicyclic) bond motifs is 1. The Bertz CT molecular complexity index is 829. The molecule has 0 saturated heterocycles. The molecule has 2 atom stereocenters. The number of aromatic nitrogens is 2. The molecule has 0 fully saturated rings. The number of hydrogen-bond acceptors (Lipinski definition) is 3. The number of benzene rings is 1. The maximum atomic E-state index is 13.2. The molecule has 1 heterocycles. The first-order valence-electron chi connectivity index (χ1n) is 8.82. The van der Waals surface area contributed by atoms with E-state index in [9.17, 15) is 19.1 Å². The van der Waals surface area contributed by atoms with Gasteiger partial charge in [-0.3, -0.25) is 4.79 Å². The van der Waals surface area contributed by atoms with Crippen LogP contribution >= 0.6 is 0 Å². The van der Waals surface area contributed by atoms with Crippen LogP contribution in [0.2, 0.25) is 0 Å². The summed E-state index contributed by atoms with van der Waals surface area (Å²) in [6, 6.07) is 4.97. The summed E-state index contributed by atoms with van der Waals surface area (Å²) in [6.07, 6.45) is 3.04. The molecule has 1 aliphatic carbocycles. The van der Waals surface area contributed by atoms with Crippen LogP contribution in [0.25, 0.3) is 5.69 Å². The molecule has 138 valence electrons. The molecule has 0 bridgehead atoms. The number of aliphatic carboxylic acids is 1. The number of hydrogen-bond donors (Lipinski definition) is 2. The zero-order valence-electron chi connectivity index (χ0n) is 14.8. The Hall–Kier alpha value is -2.70. The van der Waals surface area contributed by atoms with Gasteiger partial charge in [0.15, 0.2) is 5.69 Å². The second-order valence-corrected chi connectivity index (χ2v) is 6.69. The lowest BCUT2D eigenvalue weighted by Gasteiger charge is -2.19. The van der Waals surface area contributed by atoms with Crippen molar-refractivity contribution in [1.29, 1.82) is 0 Å². The lowest BCUT2D eigenvalue weighted by atomic mass is 9.99. The van der Waals surface area contributed by atoms with Crippen molar-refractivity contribution in [2.24, 2.45) is 5.92 Å². The van der Waals surface area contributed by atoms with Gasteiger partial charge < -0.3 is 10.4 Å². The lowest BCUT2D eigenvalue weighted by molar-refractivity contribution is -0.140. The minimum atomic E-state index is -1.05. The highest BCUT2D eigenvalue weighted by molar-refractivity contribution is 5.96. The van der Waals surface area contributed by atoms with E-state index in [1.165, 1.54) is 12.1 Å². The zero-order valence-corrected chi connectivity index (χ0v) is 14.8. The molecule has 1 aromatic heterocycles. The Balaban J connectivity index is 1.93. The number of nitrogens with one attached hydrogen (secondary N) is 1. The average molecular weight is 359 g/mol. The fourth-order valence-electron chi connectivity index (χ4n) is 3.31. The van der Waals surface area contributed by atoms with Crippen molar-refractivity contribution >= 4 is 11.9 Å². The van der Waals surface area contributed by atoms with Crippen LogP contribution in [0.1, 0.15) is 48.4 Å². The van der Waals surface area contributed by atoms with E-state index in [0.717, 1.165) is 30.5 Å². The first kappa shape index (κ1) is 18.1. The highest BCUT2D eigenvalue weighted by Crippen LogP contribution is 2.28. The molecule has 0 unspecified atom stereocenters.